The maximum Gasteiger partial charge on any atom is 0.149 e. The van der Waals surface area contributed by atoms with E-state index in [0.717, 1.165) is 49.5 Å². The molecule has 1 aromatic rings. The summed E-state index contributed by atoms with van der Waals surface area (Å²) in [4.78, 5) is 7.17. The molecule has 3 unspecified atom stereocenters. The number of rotatable bonds is 8. The van der Waals surface area contributed by atoms with Gasteiger partial charge in [0.15, 0.2) is 0 Å². The van der Waals surface area contributed by atoms with Gasteiger partial charge in [0.2, 0.25) is 0 Å². The highest BCUT2D eigenvalue weighted by molar-refractivity contribution is 5.87. The molecule has 0 amide bonds. The van der Waals surface area contributed by atoms with Crippen LogP contribution in [0.2, 0.25) is 0 Å². The van der Waals surface area contributed by atoms with Gasteiger partial charge in [0, 0.05) is 24.5 Å². The van der Waals surface area contributed by atoms with Crippen LogP contribution in [0.25, 0.3) is 0 Å². The molecule has 0 saturated carbocycles. The van der Waals surface area contributed by atoms with Gasteiger partial charge in [-0.05, 0) is 68.9 Å². The summed E-state index contributed by atoms with van der Waals surface area (Å²) in [5, 5.41) is 0. The summed E-state index contributed by atoms with van der Waals surface area (Å²) in [7, 11) is 0. The van der Waals surface area contributed by atoms with E-state index in [4.69, 9.17) is 4.99 Å². The quantitative estimate of drug-likeness (QED) is 0.452. The van der Waals surface area contributed by atoms with Crippen molar-refractivity contribution in [3.8, 4) is 0 Å². The maximum atomic E-state index is 14.2. The number of para-hydroxylation sites is 1. The lowest BCUT2D eigenvalue weighted by molar-refractivity contribution is 0.212. The fourth-order valence-corrected chi connectivity index (χ4v) is 4.19. The lowest BCUT2D eigenvalue weighted by Crippen LogP contribution is -2.34. The predicted octanol–water partition coefficient (Wildman–Crippen LogP) is 6.91. The molecule has 1 fully saturated rings. The number of aryl methyl sites for hydroxylation is 1. The van der Waals surface area contributed by atoms with Crippen LogP contribution < -0.4 is 0 Å². The van der Waals surface area contributed by atoms with Gasteiger partial charge in [0.25, 0.3) is 0 Å². The summed E-state index contributed by atoms with van der Waals surface area (Å²) in [6.45, 7) is 17.5. The van der Waals surface area contributed by atoms with Gasteiger partial charge in [-0.1, -0.05) is 45.9 Å². The van der Waals surface area contributed by atoms with Gasteiger partial charge in [-0.25, -0.2) is 4.39 Å². The Morgan fingerprint density at radius 1 is 1.41 bits per heavy atom. The van der Waals surface area contributed by atoms with Crippen LogP contribution in [-0.4, -0.2) is 23.7 Å². The Morgan fingerprint density at radius 2 is 2.15 bits per heavy atom. The van der Waals surface area contributed by atoms with Gasteiger partial charge in [-0.15, -0.1) is 0 Å². The number of likely N-dealkylation sites (tertiary alicyclic amines) is 1. The maximum absolute atomic E-state index is 14.2. The Kier molecular flexibility index (Phi) is 8.07. The van der Waals surface area contributed by atoms with Crippen molar-refractivity contribution in [2.45, 2.75) is 66.7 Å². The zero-order valence-electron chi connectivity index (χ0n) is 17.9. The first kappa shape index (κ1) is 21.7. The van der Waals surface area contributed by atoms with Gasteiger partial charge in [0.05, 0.1) is 0 Å². The van der Waals surface area contributed by atoms with E-state index in [9.17, 15) is 4.39 Å². The van der Waals surface area contributed by atoms with E-state index in [-0.39, 0.29) is 5.82 Å². The molecule has 150 valence electrons. The molecule has 0 aromatic heterocycles. The largest absolute Gasteiger partial charge is 0.375 e. The average molecular weight is 373 g/mol. The van der Waals surface area contributed by atoms with Crippen LogP contribution in [0.1, 0.15) is 65.4 Å². The molecular weight excluding hydrogens is 335 g/mol. The highest BCUT2D eigenvalue weighted by Crippen LogP contribution is 2.31. The van der Waals surface area contributed by atoms with Crippen molar-refractivity contribution in [3.63, 3.8) is 0 Å². The van der Waals surface area contributed by atoms with Crippen molar-refractivity contribution in [3.05, 3.63) is 41.9 Å². The Hall–Kier alpha value is -1.64. The van der Waals surface area contributed by atoms with Gasteiger partial charge in [0.1, 0.15) is 11.5 Å². The molecule has 3 atom stereocenters. The minimum absolute atomic E-state index is 0.236. The number of benzene rings is 1. The molecule has 1 aromatic carbocycles. The number of nitrogens with zero attached hydrogens (tertiary/aromatic N) is 2. The molecule has 0 aliphatic carbocycles. The molecule has 0 radical (unpaired) electrons. The predicted molar refractivity (Wildman–Crippen MR) is 115 cm³/mol. The molecule has 1 heterocycles. The Labute approximate surface area is 165 Å². The third kappa shape index (κ3) is 5.92. The van der Waals surface area contributed by atoms with Crippen molar-refractivity contribution in [1.29, 1.82) is 0 Å². The topological polar surface area (TPSA) is 15.6 Å². The van der Waals surface area contributed by atoms with Crippen LogP contribution in [0, 0.1) is 30.5 Å². The molecule has 2 rings (SSSR count). The monoisotopic (exact) mass is 372 g/mol. The first-order valence-electron chi connectivity index (χ1n) is 10.6. The molecule has 0 N–H and O–H groups in total. The van der Waals surface area contributed by atoms with E-state index in [1.54, 1.807) is 6.07 Å². The minimum atomic E-state index is -0.236. The van der Waals surface area contributed by atoms with Crippen molar-refractivity contribution >= 4 is 11.4 Å². The number of aliphatic imine (C=N–C) groups is 1. The van der Waals surface area contributed by atoms with E-state index in [1.165, 1.54) is 24.6 Å². The molecular formula is C24H37FN2. The van der Waals surface area contributed by atoms with Crippen LogP contribution >= 0.6 is 0 Å². The molecule has 1 saturated heterocycles. The number of halogens is 1. The van der Waals surface area contributed by atoms with Crippen LogP contribution in [0.15, 0.2) is 35.5 Å². The molecule has 0 spiro atoms. The van der Waals surface area contributed by atoms with Crippen molar-refractivity contribution in [1.82, 2.24) is 4.90 Å². The van der Waals surface area contributed by atoms with Gasteiger partial charge < -0.3 is 4.90 Å². The smallest absolute Gasteiger partial charge is 0.149 e. The summed E-state index contributed by atoms with van der Waals surface area (Å²) in [5.41, 5.74) is 3.66. The summed E-state index contributed by atoms with van der Waals surface area (Å²) in [6, 6.07) is 5.15. The van der Waals surface area contributed by atoms with Crippen LogP contribution in [0.5, 0.6) is 0 Å². The van der Waals surface area contributed by atoms with Crippen LogP contribution in [0.3, 0.4) is 0 Å². The van der Waals surface area contributed by atoms with Crippen molar-refractivity contribution in [2.24, 2.45) is 22.7 Å². The average Bonchev–Trinajstić information content (AvgIpc) is 2.63. The second-order valence-corrected chi connectivity index (χ2v) is 8.46. The molecule has 3 heteroatoms. The van der Waals surface area contributed by atoms with E-state index in [0.29, 0.717) is 17.5 Å². The standard InChI is InChI=1S/C24H37FN2/c1-7-10-22(15-19(4)27-14-9-11-17(2)16-27)20(5)21(6)26-24-18(3)12-8-13-23(24)25/h8,12-13,17,20,22H,4,7,9-11,14-16H2,1-3,5-6H3. The molecule has 1 aliphatic rings. The van der Waals surface area contributed by atoms with Gasteiger partial charge in [-0.2, -0.15) is 0 Å². The second kappa shape index (κ2) is 10.1. The Morgan fingerprint density at radius 3 is 2.78 bits per heavy atom. The first-order valence-corrected chi connectivity index (χ1v) is 10.6. The van der Waals surface area contributed by atoms with Gasteiger partial charge >= 0.3 is 0 Å². The van der Waals surface area contributed by atoms with Crippen LogP contribution in [-0.2, 0) is 0 Å². The number of hydrogen-bond donors (Lipinski definition) is 0. The molecule has 2 nitrogen and oxygen atoms in total. The van der Waals surface area contributed by atoms with E-state index in [2.05, 4.69) is 32.3 Å². The SMILES string of the molecule is C=C(CC(CCC)C(C)C(C)=Nc1c(C)cccc1F)N1CCCC(C)C1. The summed E-state index contributed by atoms with van der Waals surface area (Å²) < 4.78 is 14.2. The van der Waals surface area contributed by atoms with Crippen molar-refractivity contribution < 1.29 is 4.39 Å². The van der Waals surface area contributed by atoms with E-state index >= 15 is 0 Å². The molecule has 27 heavy (non-hydrogen) atoms. The Balaban J connectivity index is 2.12. The highest BCUT2D eigenvalue weighted by atomic mass is 19.1. The molecule has 0 bridgehead atoms. The lowest BCUT2D eigenvalue weighted by Gasteiger charge is -2.36. The van der Waals surface area contributed by atoms with E-state index < -0.39 is 0 Å². The second-order valence-electron chi connectivity index (χ2n) is 8.46. The number of allylic oxidation sites excluding steroid dienone is 1. The van der Waals surface area contributed by atoms with Crippen molar-refractivity contribution in [2.75, 3.05) is 13.1 Å². The van der Waals surface area contributed by atoms with E-state index in [1.807, 2.05) is 19.9 Å². The highest BCUT2D eigenvalue weighted by Gasteiger charge is 2.24. The third-order valence-electron chi connectivity index (χ3n) is 6.10. The minimum Gasteiger partial charge on any atom is -0.375 e. The molecule has 1 aliphatic heterocycles. The van der Waals surface area contributed by atoms with Crippen LogP contribution in [0.4, 0.5) is 10.1 Å². The third-order valence-corrected chi connectivity index (χ3v) is 6.10. The normalized spacial score (nSPS) is 20.4. The summed E-state index contributed by atoms with van der Waals surface area (Å²) in [5.74, 6) is 1.32. The lowest BCUT2D eigenvalue weighted by atomic mass is 9.83. The summed E-state index contributed by atoms with van der Waals surface area (Å²) >= 11 is 0. The number of hydrogen-bond acceptors (Lipinski definition) is 2. The zero-order chi connectivity index (χ0) is 20.0. The summed E-state index contributed by atoms with van der Waals surface area (Å²) in [6.07, 6.45) is 5.88. The zero-order valence-corrected chi connectivity index (χ0v) is 17.9. The fourth-order valence-electron chi connectivity index (χ4n) is 4.19. The Bertz CT molecular complexity index is 644. The fraction of sp³-hybridized carbons (Fsp3) is 0.625. The number of piperidine rings is 1. The first-order chi connectivity index (χ1) is 12.8. The van der Waals surface area contributed by atoms with Gasteiger partial charge in [-0.3, -0.25) is 4.99 Å².